The topological polar surface area (TPSA) is 0 Å². The van der Waals surface area contributed by atoms with Crippen LogP contribution in [0.15, 0.2) is 35.5 Å². The predicted octanol–water partition coefficient (Wildman–Crippen LogP) is 6.11. The zero-order chi connectivity index (χ0) is 15.9. The summed E-state index contributed by atoms with van der Waals surface area (Å²) in [5.41, 5.74) is 2.74. The number of rotatable bonds is 0. The van der Waals surface area contributed by atoms with Crippen LogP contribution in [0.3, 0.4) is 0 Å². The van der Waals surface area contributed by atoms with Crippen LogP contribution in [0, 0.1) is 29.6 Å². The third kappa shape index (κ3) is 5.55. The molecule has 0 saturated heterocycles. The van der Waals surface area contributed by atoms with Crippen LogP contribution in [0.2, 0.25) is 0 Å². The molecule has 0 atom stereocenters. The summed E-state index contributed by atoms with van der Waals surface area (Å²) in [5.74, 6) is 7.34. The second kappa shape index (κ2) is 10.0. The number of allylic oxidation sites excluding steroid dienone is 6. The SMILES string of the molecule is CC(C)=C1C=CC=C1.C[C]1[C](C)[C](C)[C](C)[C]1C.[Cl][Ti+]. The number of halogens is 1. The quantitative estimate of drug-likeness (QED) is 0.472. The van der Waals surface area contributed by atoms with Crippen LogP contribution in [0.1, 0.15) is 48.5 Å². The molecule has 1 fully saturated rings. The van der Waals surface area contributed by atoms with Gasteiger partial charge in [-0.1, -0.05) is 64.5 Å². The van der Waals surface area contributed by atoms with E-state index in [0.717, 1.165) is 0 Å². The van der Waals surface area contributed by atoms with E-state index in [-0.39, 0.29) is 0 Å². The molecule has 2 rings (SSSR count). The Morgan fingerprint density at radius 3 is 1.10 bits per heavy atom. The monoisotopic (exact) mass is 324 g/mol. The molecule has 0 aromatic rings. The van der Waals surface area contributed by atoms with Crippen LogP contribution in [0.5, 0.6) is 0 Å². The minimum absolute atomic E-state index is 1.35. The van der Waals surface area contributed by atoms with Crippen molar-refractivity contribution in [2.24, 2.45) is 0 Å². The van der Waals surface area contributed by atoms with Crippen LogP contribution in [-0.4, -0.2) is 0 Å². The van der Waals surface area contributed by atoms with Crippen molar-refractivity contribution in [1.82, 2.24) is 0 Å². The van der Waals surface area contributed by atoms with Gasteiger partial charge in [-0.2, -0.15) is 0 Å². The third-order valence-electron chi connectivity index (χ3n) is 4.05. The van der Waals surface area contributed by atoms with Gasteiger partial charge in [0, 0.05) is 0 Å². The van der Waals surface area contributed by atoms with E-state index in [9.17, 15) is 0 Å². The molecule has 0 spiro atoms. The average Bonchev–Trinajstić information content (AvgIpc) is 3.04. The second-order valence-electron chi connectivity index (χ2n) is 5.30. The molecule has 0 aromatic heterocycles. The Kier molecular flexibility index (Phi) is 10.1. The number of hydrogen-bond donors (Lipinski definition) is 0. The summed E-state index contributed by atoms with van der Waals surface area (Å²) in [7, 11) is 4.64. The molecule has 20 heavy (non-hydrogen) atoms. The summed E-state index contributed by atoms with van der Waals surface area (Å²) in [6.45, 7) is 15.2. The molecule has 0 heterocycles. The Morgan fingerprint density at radius 2 is 0.950 bits per heavy atom. The van der Waals surface area contributed by atoms with E-state index < -0.39 is 0 Å². The zero-order valence-electron chi connectivity index (χ0n) is 13.7. The van der Waals surface area contributed by atoms with Crippen LogP contribution in [0.25, 0.3) is 0 Å². The van der Waals surface area contributed by atoms with Crippen molar-refractivity contribution in [2.75, 3.05) is 0 Å². The summed E-state index contributed by atoms with van der Waals surface area (Å²) in [4.78, 5) is 0. The molecule has 0 amide bonds. The van der Waals surface area contributed by atoms with E-state index in [1.165, 1.54) is 60.1 Å². The molecule has 0 unspecified atom stereocenters. The van der Waals surface area contributed by atoms with E-state index in [0.29, 0.717) is 0 Å². The molecule has 2 aliphatic carbocycles. The van der Waals surface area contributed by atoms with Crippen molar-refractivity contribution in [3.63, 3.8) is 0 Å². The van der Waals surface area contributed by atoms with E-state index in [1.807, 2.05) is 0 Å². The van der Waals surface area contributed by atoms with E-state index >= 15 is 0 Å². The van der Waals surface area contributed by atoms with Crippen molar-refractivity contribution in [3.05, 3.63) is 65.0 Å². The average molecular weight is 325 g/mol. The Balaban J connectivity index is 0.000000327. The Bertz CT molecular complexity index is 305. The van der Waals surface area contributed by atoms with Gasteiger partial charge in [0.05, 0.1) is 0 Å². The molecule has 0 nitrogen and oxygen atoms in total. The summed E-state index contributed by atoms with van der Waals surface area (Å²) in [6.07, 6.45) is 8.36. The van der Waals surface area contributed by atoms with Crippen LogP contribution < -0.4 is 0 Å². The first-order valence-electron chi connectivity index (χ1n) is 6.77. The molecule has 2 aliphatic rings. The van der Waals surface area contributed by atoms with Gasteiger partial charge in [-0.05, 0) is 49.0 Å². The standard InChI is InChI=1S/C10H15.C8H10.ClH.Ti/c1-6-7(2)9(4)10(5)8(6)3;1-7(2)8-5-3-4-6-8;;/h1-5H3;3-6H,1-2H3;1H;/q;;;+2/p-1. The van der Waals surface area contributed by atoms with Gasteiger partial charge in [0.25, 0.3) is 0 Å². The van der Waals surface area contributed by atoms with E-state index in [1.54, 1.807) is 0 Å². The fourth-order valence-electron chi connectivity index (χ4n) is 2.11. The summed E-state index contributed by atoms with van der Waals surface area (Å²) >= 11 is 1.47. The van der Waals surface area contributed by atoms with Gasteiger partial charge in [0.2, 0.25) is 0 Å². The van der Waals surface area contributed by atoms with Crippen LogP contribution in [-0.2, 0) is 19.4 Å². The maximum absolute atomic E-state index is 4.64. The van der Waals surface area contributed by atoms with Gasteiger partial charge < -0.3 is 0 Å². The number of hydrogen-bond acceptors (Lipinski definition) is 0. The molecular formula is C18H25ClTi+. The van der Waals surface area contributed by atoms with Crippen molar-refractivity contribution in [2.45, 2.75) is 48.5 Å². The molecule has 5 radical (unpaired) electrons. The van der Waals surface area contributed by atoms with Crippen molar-refractivity contribution in [1.29, 1.82) is 0 Å². The molecule has 0 aromatic carbocycles. The Hall–Kier alpha value is 0.224. The Labute approximate surface area is 142 Å². The first-order chi connectivity index (χ1) is 9.36. The molecular weight excluding hydrogens is 300 g/mol. The third-order valence-corrected chi connectivity index (χ3v) is 4.05. The van der Waals surface area contributed by atoms with Crippen molar-refractivity contribution < 1.29 is 19.4 Å². The van der Waals surface area contributed by atoms with Gasteiger partial charge in [0.1, 0.15) is 0 Å². The first-order valence-corrected chi connectivity index (χ1v) is 8.91. The second-order valence-corrected chi connectivity index (χ2v) is 5.30. The van der Waals surface area contributed by atoms with Gasteiger partial charge >= 0.3 is 28.7 Å². The molecule has 0 bridgehead atoms. The fourth-order valence-corrected chi connectivity index (χ4v) is 2.11. The molecule has 2 heteroatoms. The summed E-state index contributed by atoms with van der Waals surface area (Å²) in [5, 5.41) is 0. The van der Waals surface area contributed by atoms with E-state index in [4.69, 9.17) is 0 Å². The van der Waals surface area contributed by atoms with Crippen LogP contribution >= 0.6 is 9.30 Å². The van der Waals surface area contributed by atoms with Gasteiger partial charge in [0.15, 0.2) is 0 Å². The van der Waals surface area contributed by atoms with Gasteiger partial charge in [-0.3, -0.25) is 0 Å². The van der Waals surface area contributed by atoms with Crippen molar-refractivity contribution >= 4 is 9.30 Å². The predicted molar refractivity (Wildman–Crippen MR) is 87.1 cm³/mol. The van der Waals surface area contributed by atoms with Gasteiger partial charge in [-0.15, -0.1) is 0 Å². The maximum atomic E-state index is 4.64. The van der Waals surface area contributed by atoms with Gasteiger partial charge in [-0.25, -0.2) is 0 Å². The zero-order valence-corrected chi connectivity index (χ0v) is 16.0. The molecule has 1 saturated carbocycles. The first kappa shape index (κ1) is 20.2. The van der Waals surface area contributed by atoms with E-state index in [2.05, 4.69) is 82.1 Å². The van der Waals surface area contributed by atoms with Crippen LogP contribution in [0.4, 0.5) is 0 Å². The normalized spacial score (nSPS) is 20.6. The summed E-state index contributed by atoms with van der Waals surface area (Å²) < 4.78 is 0. The Morgan fingerprint density at radius 1 is 0.700 bits per heavy atom. The van der Waals surface area contributed by atoms with Crippen molar-refractivity contribution in [3.8, 4) is 0 Å². The fraction of sp³-hybridized carbons (Fsp3) is 0.389. The molecule has 0 aliphatic heterocycles. The summed E-state index contributed by atoms with van der Waals surface area (Å²) in [6, 6.07) is 0. The minimum atomic E-state index is 1.35. The molecule has 0 N–H and O–H groups in total. The molecule has 107 valence electrons.